The third kappa shape index (κ3) is 4.20. The highest BCUT2D eigenvalue weighted by molar-refractivity contribution is 6.07. The third-order valence-electron chi connectivity index (χ3n) is 5.51. The number of aliphatic hydroxyl groups is 1. The van der Waals surface area contributed by atoms with Gasteiger partial charge in [0.25, 0.3) is 11.8 Å². The van der Waals surface area contributed by atoms with Crippen LogP contribution in [-0.2, 0) is 10.9 Å². The maximum atomic E-state index is 15.1. The number of benzene rings is 1. The molecule has 170 valence electrons. The number of fused-ring (bicyclic) bond motifs is 3. The molecule has 3 heterocycles. The zero-order valence-corrected chi connectivity index (χ0v) is 16.5. The lowest BCUT2D eigenvalue weighted by Gasteiger charge is -2.36. The van der Waals surface area contributed by atoms with Gasteiger partial charge >= 0.3 is 6.18 Å². The van der Waals surface area contributed by atoms with Crippen molar-refractivity contribution >= 4 is 22.6 Å². The SMILES string of the molecule is C[C@H]1CN(CC(F)(F)C2CC(O)CCO2)c2c(oc3ccc(C(F)(F)F)cc23)C(=O)N1. The number of halogens is 5. The van der Waals surface area contributed by atoms with Gasteiger partial charge in [-0.05, 0) is 31.5 Å². The molecular formula is C20H21F5N2O4. The van der Waals surface area contributed by atoms with Crippen LogP contribution in [0, 0.1) is 0 Å². The van der Waals surface area contributed by atoms with Gasteiger partial charge in [-0.3, -0.25) is 4.79 Å². The molecule has 3 atom stereocenters. The summed E-state index contributed by atoms with van der Waals surface area (Å²) in [4.78, 5) is 13.7. The largest absolute Gasteiger partial charge is 0.449 e. The number of carbonyl (C=O) groups is 1. The summed E-state index contributed by atoms with van der Waals surface area (Å²) in [6.07, 6.45) is -7.13. The van der Waals surface area contributed by atoms with Gasteiger partial charge in [0.05, 0.1) is 23.9 Å². The number of furan rings is 1. The van der Waals surface area contributed by atoms with Gasteiger partial charge in [0.15, 0.2) is 0 Å². The number of hydrogen-bond donors (Lipinski definition) is 2. The molecule has 2 N–H and O–H groups in total. The van der Waals surface area contributed by atoms with E-state index in [2.05, 4.69) is 5.32 Å². The van der Waals surface area contributed by atoms with Crippen LogP contribution in [-0.4, -0.2) is 54.9 Å². The Morgan fingerprint density at radius 1 is 1.26 bits per heavy atom. The average Bonchev–Trinajstić information content (AvgIpc) is 3.00. The molecule has 11 heteroatoms. The van der Waals surface area contributed by atoms with Crippen molar-refractivity contribution in [3.8, 4) is 0 Å². The minimum atomic E-state index is -4.65. The van der Waals surface area contributed by atoms with Crippen LogP contribution in [0.2, 0.25) is 0 Å². The lowest BCUT2D eigenvalue weighted by atomic mass is 10.00. The first-order valence-corrected chi connectivity index (χ1v) is 9.83. The molecule has 0 aliphatic carbocycles. The van der Waals surface area contributed by atoms with Gasteiger partial charge in [0, 0.05) is 31.0 Å². The molecular weight excluding hydrogens is 427 g/mol. The van der Waals surface area contributed by atoms with Crippen molar-refractivity contribution in [3.05, 3.63) is 29.5 Å². The van der Waals surface area contributed by atoms with Gasteiger partial charge in [0.2, 0.25) is 5.76 Å². The quantitative estimate of drug-likeness (QED) is 0.703. The number of hydrogen-bond acceptors (Lipinski definition) is 5. The molecule has 1 saturated heterocycles. The molecule has 1 amide bonds. The lowest BCUT2D eigenvalue weighted by Crippen LogP contribution is -2.51. The Morgan fingerprint density at radius 3 is 2.68 bits per heavy atom. The number of nitrogens with one attached hydrogen (secondary N) is 1. The third-order valence-corrected chi connectivity index (χ3v) is 5.51. The van der Waals surface area contributed by atoms with E-state index in [9.17, 15) is 23.1 Å². The van der Waals surface area contributed by atoms with Crippen LogP contribution >= 0.6 is 0 Å². The van der Waals surface area contributed by atoms with E-state index in [1.54, 1.807) is 6.92 Å². The molecule has 2 unspecified atom stereocenters. The van der Waals surface area contributed by atoms with E-state index in [1.165, 1.54) is 0 Å². The van der Waals surface area contributed by atoms with Crippen LogP contribution in [0.5, 0.6) is 0 Å². The number of aliphatic hydroxyl groups excluding tert-OH is 1. The number of rotatable bonds is 3. The first-order chi connectivity index (χ1) is 14.5. The molecule has 1 aromatic heterocycles. The number of nitrogens with zero attached hydrogens (tertiary/aromatic N) is 1. The van der Waals surface area contributed by atoms with E-state index in [0.717, 1.165) is 23.1 Å². The maximum Gasteiger partial charge on any atom is 0.416 e. The molecule has 2 aliphatic rings. The Hall–Kier alpha value is -2.40. The summed E-state index contributed by atoms with van der Waals surface area (Å²) in [7, 11) is 0. The summed E-state index contributed by atoms with van der Waals surface area (Å²) >= 11 is 0. The Balaban J connectivity index is 1.78. The molecule has 0 bridgehead atoms. The highest BCUT2D eigenvalue weighted by Crippen LogP contribution is 2.41. The summed E-state index contributed by atoms with van der Waals surface area (Å²) < 4.78 is 80.5. The maximum absolute atomic E-state index is 15.1. The predicted molar refractivity (Wildman–Crippen MR) is 100 cm³/mol. The van der Waals surface area contributed by atoms with E-state index in [1.807, 2.05) is 0 Å². The van der Waals surface area contributed by atoms with Crippen LogP contribution in [0.3, 0.4) is 0 Å². The Kier molecular flexibility index (Phi) is 5.37. The number of amides is 1. The van der Waals surface area contributed by atoms with Crippen molar-refractivity contribution in [1.29, 1.82) is 0 Å². The first-order valence-electron chi connectivity index (χ1n) is 9.83. The fourth-order valence-corrected chi connectivity index (χ4v) is 4.06. The first kappa shape index (κ1) is 21.8. The normalized spacial score (nSPS) is 25.3. The fraction of sp³-hybridized carbons (Fsp3) is 0.550. The van der Waals surface area contributed by atoms with Crippen molar-refractivity contribution < 1.29 is 41.0 Å². The van der Waals surface area contributed by atoms with Crippen LogP contribution in [0.4, 0.5) is 27.6 Å². The van der Waals surface area contributed by atoms with Gasteiger partial charge < -0.3 is 24.5 Å². The average molecular weight is 448 g/mol. The lowest BCUT2D eigenvalue weighted by molar-refractivity contribution is -0.166. The van der Waals surface area contributed by atoms with Crippen molar-refractivity contribution in [1.82, 2.24) is 5.32 Å². The minimum Gasteiger partial charge on any atom is -0.449 e. The van der Waals surface area contributed by atoms with E-state index in [-0.39, 0.29) is 48.4 Å². The van der Waals surface area contributed by atoms with Crippen LogP contribution in [0.15, 0.2) is 22.6 Å². The number of ether oxygens (including phenoxy) is 1. The zero-order chi connectivity index (χ0) is 22.6. The minimum absolute atomic E-state index is 0.0136. The van der Waals surface area contributed by atoms with E-state index >= 15 is 8.78 Å². The monoisotopic (exact) mass is 448 g/mol. The summed E-state index contributed by atoms with van der Waals surface area (Å²) in [5.74, 6) is -4.45. The molecule has 2 aliphatic heterocycles. The second-order valence-corrected chi connectivity index (χ2v) is 8.04. The molecule has 31 heavy (non-hydrogen) atoms. The van der Waals surface area contributed by atoms with E-state index in [4.69, 9.17) is 9.15 Å². The molecule has 0 spiro atoms. The topological polar surface area (TPSA) is 74.9 Å². The molecule has 4 rings (SSSR count). The number of anilines is 1. The van der Waals surface area contributed by atoms with Gasteiger partial charge in [-0.2, -0.15) is 13.2 Å². The van der Waals surface area contributed by atoms with E-state index in [0.29, 0.717) is 0 Å². The predicted octanol–water partition coefficient (Wildman–Crippen LogP) is 3.57. The van der Waals surface area contributed by atoms with Crippen molar-refractivity contribution in [2.24, 2.45) is 0 Å². The molecule has 1 fully saturated rings. The van der Waals surface area contributed by atoms with Crippen molar-refractivity contribution in [3.63, 3.8) is 0 Å². The number of alkyl halides is 5. The Bertz CT molecular complexity index is 990. The molecule has 6 nitrogen and oxygen atoms in total. The zero-order valence-electron chi connectivity index (χ0n) is 16.5. The second-order valence-electron chi connectivity index (χ2n) is 8.04. The van der Waals surface area contributed by atoms with E-state index < -0.39 is 48.4 Å². The van der Waals surface area contributed by atoms with Crippen LogP contribution < -0.4 is 10.2 Å². The summed E-state index contributed by atoms with van der Waals surface area (Å²) in [6.45, 7) is 0.585. The molecule has 0 radical (unpaired) electrons. The Morgan fingerprint density at radius 2 is 2.00 bits per heavy atom. The molecule has 1 aromatic carbocycles. The highest BCUT2D eigenvalue weighted by atomic mass is 19.4. The van der Waals surface area contributed by atoms with Gasteiger partial charge in [-0.25, -0.2) is 8.78 Å². The van der Waals surface area contributed by atoms with Crippen molar-refractivity contribution in [2.75, 3.05) is 24.6 Å². The second kappa shape index (κ2) is 7.63. The summed E-state index contributed by atoms with van der Waals surface area (Å²) in [5.41, 5.74) is -1.11. The smallest absolute Gasteiger partial charge is 0.416 e. The van der Waals surface area contributed by atoms with Gasteiger partial charge in [-0.15, -0.1) is 0 Å². The van der Waals surface area contributed by atoms with Gasteiger partial charge in [0.1, 0.15) is 11.7 Å². The molecule has 0 saturated carbocycles. The fourth-order valence-electron chi connectivity index (χ4n) is 4.06. The molecule has 2 aromatic rings. The number of carbonyl (C=O) groups excluding carboxylic acids is 1. The van der Waals surface area contributed by atoms with Crippen LogP contribution in [0.1, 0.15) is 35.9 Å². The van der Waals surface area contributed by atoms with Gasteiger partial charge in [-0.1, -0.05) is 0 Å². The summed E-state index contributed by atoms with van der Waals surface area (Å²) in [6, 6.07) is 2.11. The standard InChI is InChI=1S/C20H21F5N2O4/c1-10-8-27(9-19(21,22)15-7-12(28)4-5-30-15)16-13-6-11(20(23,24)25)2-3-14(13)31-17(16)18(29)26-10/h2-3,6,10,12,15,28H,4-5,7-9H2,1H3,(H,26,29)/t10-,12?,15?/m0/s1. The Labute approximate surface area is 173 Å². The van der Waals surface area contributed by atoms with Crippen molar-refractivity contribution in [2.45, 2.75) is 50.1 Å². The highest BCUT2D eigenvalue weighted by Gasteiger charge is 2.46. The van der Waals surface area contributed by atoms with Crippen LogP contribution in [0.25, 0.3) is 11.0 Å². The summed E-state index contributed by atoms with van der Waals surface area (Å²) in [5, 5.41) is 12.3.